The molecule has 1 atom stereocenters. The molecule has 0 spiro atoms. The number of nitrogens with zero attached hydrogens (tertiary/aromatic N) is 7. The van der Waals surface area contributed by atoms with Crippen LogP contribution in [0.5, 0.6) is 0 Å². The van der Waals surface area contributed by atoms with Crippen LogP contribution in [0.4, 0.5) is 14.6 Å². The fraction of sp³-hybridized carbons (Fsp3) is 0.0435. The fourth-order valence-electron chi connectivity index (χ4n) is 3.59. The Balaban J connectivity index is 1.79. The second-order valence-corrected chi connectivity index (χ2v) is 7.22. The van der Waals surface area contributed by atoms with Gasteiger partial charge in [0, 0.05) is 11.8 Å². The van der Waals surface area contributed by atoms with Crippen LogP contribution in [-0.4, -0.2) is 34.7 Å². The molecule has 9 nitrogen and oxygen atoms in total. The van der Waals surface area contributed by atoms with Crippen LogP contribution in [0, 0.1) is 23.0 Å². The topological polar surface area (TPSA) is 139 Å². The van der Waals surface area contributed by atoms with Gasteiger partial charge in [-0.3, -0.25) is 0 Å². The van der Waals surface area contributed by atoms with Gasteiger partial charge in [0.1, 0.15) is 35.5 Å². The Bertz CT molecular complexity index is 1560. The molecule has 0 fully saturated rings. The maximum atomic E-state index is 14.3. The average molecular weight is 456 g/mol. The third kappa shape index (κ3) is 3.48. The lowest BCUT2D eigenvalue weighted by molar-refractivity contribution is 0.199. The molecule has 0 amide bonds. The van der Waals surface area contributed by atoms with E-state index in [9.17, 15) is 19.1 Å². The van der Waals surface area contributed by atoms with E-state index in [0.717, 1.165) is 12.1 Å². The maximum absolute atomic E-state index is 14.3. The summed E-state index contributed by atoms with van der Waals surface area (Å²) in [5, 5.41) is 24.3. The molecule has 5 rings (SSSR count). The van der Waals surface area contributed by atoms with Gasteiger partial charge < -0.3 is 10.8 Å². The number of aliphatic hydroxyl groups is 1. The first-order valence-corrected chi connectivity index (χ1v) is 9.93. The van der Waals surface area contributed by atoms with E-state index in [-0.39, 0.29) is 17.3 Å². The average Bonchev–Trinajstić information content (AvgIpc) is 3.30. The smallest absolute Gasteiger partial charge is 0.199 e. The maximum Gasteiger partial charge on any atom is 0.199 e. The number of fused-ring (bicyclic) bond motifs is 1. The number of anilines is 1. The highest BCUT2D eigenvalue weighted by Crippen LogP contribution is 2.33. The molecular formula is C23H14F2N8O. The van der Waals surface area contributed by atoms with E-state index in [2.05, 4.69) is 31.1 Å². The molecule has 11 heteroatoms. The van der Waals surface area contributed by atoms with Crippen molar-refractivity contribution in [2.75, 3.05) is 5.73 Å². The summed E-state index contributed by atoms with van der Waals surface area (Å²) in [6.45, 7) is 0. The van der Waals surface area contributed by atoms with Gasteiger partial charge in [0.15, 0.2) is 17.3 Å². The first kappa shape index (κ1) is 21.0. The predicted octanol–water partition coefficient (Wildman–Crippen LogP) is 3.06. The van der Waals surface area contributed by atoms with Gasteiger partial charge in [0.05, 0.1) is 22.9 Å². The third-order valence-corrected chi connectivity index (χ3v) is 5.13. The van der Waals surface area contributed by atoms with Crippen LogP contribution in [0.15, 0.2) is 61.1 Å². The monoisotopic (exact) mass is 456 g/mol. The summed E-state index contributed by atoms with van der Waals surface area (Å²) in [5.74, 6) is -2.21. The summed E-state index contributed by atoms with van der Waals surface area (Å²) < 4.78 is 29.9. The number of benzene rings is 2. The van der Waals surface area contributed by atoms with Crippen LogP contribution in [0.25, 0.3) is 28.3 Å². The number of nitrogen functional groups attached to an aromatic ring is 1. The zero-order valence-corrected chi connectivity index (χ0v) is 17.3. The lowest BCUT2D eigenvalue weighted by Gasteiger charge is -2.12. The molecule has 3 aromatic heterocycles. The summed E-state index contributed by atoms with van der Waals surface area (Å²) in [6.07, 6.45) is 1.04. The Labute approximate surface area is 190 Å². The molecule has 0 saturated carbocycles. The molecule has 1 unspecified atom stereocenters. The van der Waals surface area contributed by atoms with Crippen molar-refractivity contribution in [1.29, 1.82) is 5.26 Å². The van der Waals surface area contributed by atoms with Crippen molar-refractivity contribution >= 4 is 11.5 Å². The molecule has 0 aliphatic heterocycles. The molecular weight excluding hydrogens is 442 g/mol. The van der Waals surface area contributed by atoms with E-state index >= 15 is 0 Å². The van der Waals surface area contributed by atoms with Crippen molar-refractivity contribution in [3.8, 4) is 28.7 Å². The van der Waals surface area contributed by atoms with Crippen molar-refractivity contribution in [3.63, 3.8) is 0 Å². The molecule has 2 aromatic carbocycles. The van der Waals surface area contributed by atoms with Crippen LogP contribution in [0.3, 0.4) is 0 Å². The van der Waals surface area contributed by atoms with Crippen LogP contribution in [0.1, 0.15) is 23.1 Å². The van der Waals surface area contributed by atoms with Crippen molar-refractivity contribution in [2.45, 2.75) is 6.10 Å². The second-order valence-electron chi connectivity index (χ2n) is 7.22. The number of hydrogen-bond donors (Lipinski definition) is 2. The standard InChI is InChI=1S/C23H14F2N8O/c24-14-5-2-6-15(25)17(14)20(34)22-31-23-21(27)30-18(13-4-1-3-12(9-13)10-26)19(33(23)32-22)16-7-8-28-11-29-16/h1-9,11,20,34H,(H2,27,30). The molecule has 5 aromatic rings. The van der Waals surface area contributed by atoms with Gasteiger partial charge >= 0.3 is 0 Å². The van der Waals surface area contributed by atoms with Gasteiger partial charge in [0.25, 0.3) is 0 Å². The summed E-state index contributed by atoms with van der Waals surface area (Å²) in [5.41, 5.74) is 7.65. The number of rotatable bonds is 4. The van der Waals surface area contributed by atoms with Gasteiger partial charge in [-0.2, -0.15) is 5.26 Å². The number of nitriles is 1. The fourth-order valence-corrected chi connectivity index (χ4v) is 3.59. The minimum atomic E-state index is -1.80. The molecule has 0 bridgehead atoms. The van der Waals surface area contributed by atoms with Gasteiger partial charge in [-0.05, 0) is 30.3 Å². The van der Waals surface area contributed by atoms with E-state index in [1.54, 1.807) is 30.3 Å². The molecule has 34 heavy (non-hydrogen) atoms. The van der Waals surface area contributed by atoms with E-state index in [1.165, 1.54) is 23.1 Å². The van der Waals surface area contributed by atoms with Crippen molar-refractivity contribution < 1.29 is 13.9 Å². The van der Waals surface area contributed by atoms with Crippen LogP contribution >= 0.6 is 0 Å². The largest absolute Gasteiger partial charge is 0.381 e. The Morgan fingerprint density at radius 1 is 1.06 bits per heavy atom. The molecule has 166 valence electrons. The summed E-state index contributed by atoms with van der Waals surface area (Å²) in [7, 11) is 0. The SMILES string of the molecule is N#Cc1cccc(-c2nc(N)c3nc(C(O)c4c(F)cccc4F)nn3c2-c2ccncn2)c1. The van der Waals surface area contributed by atoms with Crippen LogP contribution < -0.4 is 5.73 Å². The molecule has 0 saturated heterocycles. The summed E-state index contributed by atoms with van der Waals surface area (Å²) in [4.78, 5) is 16.9. The first-order chi connectivity index (χ1) is 16.5. The highest BCUT2D eigenvalue weighted by atomic mass is 19.1. The highest BCUT2D eigenvalue weighted by molar-refractivity contribution is 5.81. The number of nitrogens with two attached hydrogens (primary N) is 1. The lowest BCUT2D eigenvalue weighted by atomic mass is 10.0. The third-order valence-electron chi connectivity index (χ3n) is 5.13. The minimum absolute atomic E-state index is 0.0462. The van der Waals surface area contributed by atoms with Gasteiger partial charge in [0.2, 0.25) is 0 Å². The zero-order valence-electron chi connectivity index (χ0n) is 17.3. The predicted molar refractivity (Wildman–Crippen MR) is 117 cm³/mol. The Kier molecular flexibility index (Phi) is 5.12. The number of hydrogen-bond acceptors (Lipinski definition) is 8. The quantitative estimate of drug-likeness (QED) is 0.421. The van der Waals surface area contributed by atoms with E-state index in [1.807, 2.05) is 0 Å². The van der Waals surface area contributed by atoms with Crippen LogP contribution in [-0.2, 0) is 0 Å². The molecule has 0 aliphatic carbocycles. The highest BCUT2D eigenvalue weighted by Gasteiger charge is 2.27. The van der Waals surface area contributed by atoms with Gasteiger partial charge in [-0.1, -0.05) is 18.2 Å². The van der Waals surface area contributed by atoms with E-state index in [4.69, 9.17) is 5.73 Å². The molecule has 0 radical (unpaired) electrons. The zero-order chi connectivity index (χ0) is 23.8. The normalized spacial score (nSPS) is 11.9. The van der Waals surface area contributed by atoms with E-state index in [0.29, 0.717) is 28.2 Å². The van der Waals surface area contributed by atoms with Gasteiger partial charge in [-0.25, -0.2) is 33.2 Å². The van der Waals surface area contributed by atoms with E-state index < -0.39 is 23.3 Å². The Hall–Kier alpha value is -4.82. The minimum Gasteiger partial charge on any atom is -0.381 e. The summed E-state index contributed by atoms with van der Waals surface area (Å²) >= 11 is 0. The second kappa shape index (κ2) is 8.27. The number of aromatic nitrogens is 6. The molecule has 0 aliphatic rings. The van der Waals surface area contributed by atoms with Crippen molar-refractivity contribution in [3.05, 3.63) is 89.6 Å². The Morgan fingerprint density at radius 2 is 1.82 bits per heavy atom. The Morgan fingerprint density at radius 3 is 2.53 bits per heavy atom. The van der Waals surface area contributed by atoms with Crippen molar-refractivity contribution in [1.82, 2.24) is 29.5 Å². The lowest BCUT2D eigenvalue weighted by Crippen LogP contribution is -2.08. The first-order valence-electron chi connectivity index (χ1n) is 9.93. The van der Waals surface area contributed by atoms with Gasteiger partial charge in [-0.15, -0.1) is 5.10 Å². The van der Waals surface area contributed by atoms with Crippen molar-refractivity contribution in [2.24, 2.45) is 0 Å². The molecule has 3 heterocycles. The summed E-state index contributed by atoms with van der Waals surface area (Å²) in [6, 6.07) is 13.6. The van der Waals surface area contributed by atoms with Crippen LogP contribution in [0.2, 0.25) is 0 Å². The molecule has 3 N–H and O–H groups in total. The number of halogens is 2. The number of aliphatic hydroxyl groups excluding tert-OH is 1.